The predicted molar refractivity (Wildman–Crippen MR) is 122 cm³/mol. The van der Waals surface area contributed by atoms with Crippen LogP contribution in [0, 0.1) is 0 Å². The van der Waals surface area contributed by atoms with Crippen LogP contribution in [0.4, 0.5) is 0 Å². The van der Waals surface area contributed by atoms with E-state index in [4.69, 9.17) is 4.74 Å². The fourth-order valence-electron chi connectivity index (χ4n) is 3.74. The molecule has 3 rings (SSSR count). The smallest absolute Gasteiger partial charge is 0.191 e. The number of ether oxygens (including phenoxy) is 1. The maximum atomic E-state index is 5.39. The van der Waals surface area contributed by atoms with Crippen molar-refractivity contribution < 1.29 is 4.74 Å². The zero-order valence-electron chi connectivity index (χ0n) is 16.4. The van der Waals surface area contributed by atoms with E-state index in [2.05, 4.69) is 55.8 Å². The second kappa shape index (κ2) is 12.5. The van der Waals surface area contributed by atoms with E-state index in [-0.39, 0.29) is 24.0 Å². The van der Waals surface area contributed by atoms with Gasteiger partial charge >= 0.3 is 0 Å². The Balaban J connectivity index is 0.00000261. The predicted octanol–water partition coefficient (Wildman–Crippen LogP) is 1.77. The van der Waals surface area contributed by atoms with Gasteiger partial charge in [0.25, 0.3) is 0 Å². The average molecular weight is 487 g/mol. The summed E-state index contributed by atoms with van der Waals surface area (Å²) in [6.07, 6.45) is 2.53. The fourth-order valence-corrected chi connectivity index (χ4v) is 3.74. The van der Waals surface area contributed by atoms with Crippen LogP contribution >= 0.6 is 24.0 Å². The number of guanidine groups is 1. The molecule has 0 bridgehead atoms. The van der Waals surface area contributed by atoms with Crippen LogP contribution in [-0.2, 0) is 11.3 Å². The van der Waals surface area contributed by atoms with E-state index < -0.39 is 0 Å². The summed E-state index contributed by atoms with van der Waals surface area (Å²) < 4.78 is 5.39. The molecule has 0 saturated carbocycles. The van der Waals surface area contributed by atoms with Gasteiger partial charge in [0, 0.05) is 52.4 Å². The van der Waals surface area contributed by atoms with Gasteiger partial charge in [-0.2, -0.15) is 0 Å². The van der Waals surface area contributed by atoms with Crippen LogP contribution in [0.3, 0.4) is 0 Å². The Bertz CT molecular complexity index is 551. The molecule has 2 heterocycles. The first-order valence-corrected chi connectivity index (χ1v) is 9.88. The van der Waals surface area contributed by atoms with E-state index in [1.807, 2.05) is 7.05 Å². The minimum absolute atomic E-state index is 0. The topological polar surface area (TPSA) is 52.1 Å². The average Bonchev–Trinajstić information content (AvgIpc) is 3.13. The van der Waals surface area contributed by atoms with Crippen LogP contribution in [0.25, 0.3) is 0 Å². The first-order chi connectivity index (χ1) is 12.8. The van der Waals surface area contributed by atoms with E-state index in [1.54, 1.807) is 0 Å². The highest BCUT2D eigenvalue weighted by Crippen LogP contribution is 2.19. The molecule has 2 aliphatic heterocycles. The third-order valence-electron chi connectivity index (χ3n) is 5.28. The first-order valence-electron chi connectivity index (χ1n) is 9.88. The zero-order chi connectivity index (χ0) is 18.0. The number of halogens is 1. The van der Waals surface area contributed by atoms with Gasteiger partial charge in [-0.1, -0.05) is 30.3 Å². The molecule has 1 unspecified atom stereocenters. The Kier molecular flexibility index (Phi) is 10.4. The van der Waals surface area contributed by atoms with Gasteiger partial charge in [-0.05, 0) is 24.9 Å². The lowest BCUT2D eigenvalue weighted by atomic mass is 10.2. The largest absolute Gasteiger partial charge is 0.379 e. The molecule has 0 spiro atoms. The summed E-state index contributed by atoms with van der Waals surface area (Å²) in [5.41, 5.74) is 1.40. The number of morpholine rings is 1. The quantitative estimate of drug-likeness (QED) is 0.349. The lowest BCUT2D eigenvalue weighted by molar-refractivity contribution is 0.0389. The van der Waals surface area contributed by atoms with Crippen molar-refractivity contribution in [3.05, 3.63) is 35.9 Å². The number of benzene rings is 1. The molecular formula is C20H34IN5O. The van der Waals surface area contributed by atoms with Crippen molar-refractivity contribution >= 4 is 29.9 Å². The van der Waals surface area contributed by atoms with Gasteiger partial charge in [-0.3, -0.25) is 14.8 Å². The van der Waals surface area contributed by atoms with Gasteiger partial charge in [0.1, 0.15) is 0 Å². The highest BCUT2D eigenvalue weighted by molar-refractivity contribution is 14.0. The lowest BCUT2D eigenvalue weighted by Gasteiger charge is -2.27. The van der Waals surface area contributed by atoms with Gasteiger partial charge in [0.2, 0.25) is 0 Å². The van der Waals surface area contributed by atoms with Gasteiger partial charge in [0.05, 0.1) is 13.2 Å². The van der Waals surface area contributed by atoms with Crippen LogP contribution in [0.2, 0.25) is 0 Å². The Morgan fingerprint density at radius 3 is 2.67 bits per heavy atom. The lowest BCUT2D eigenvalue weighted by Crippen LogP contribution is -2.47. The van der Waals surface area contributed by atoms with Crippen molar-refractivity contribution in [2.45, 2.75) is 25.4 Å². The minimum Gasteiger partial charge on any atom is -0.379 e. The van der Waals surface area contributed by atoms with Gasteiger partial charge < -0.3 is 15.4 Å². The standard InChI is InChI=1S/C20H33N5O.HI/c1-21-20(22-9-11-24-12-14-26-15-13-24)23-16-19-8-5-10-25(19)17-18-6-3-2-4-7-18;/h2-4,6-7,19H,5,8-17H2,1H3,(H2,21,22,23);1H. The maximum Gasteiger partial charge on any atom is 0.191 e. The molecule has 6 nitrogen and oxygen atoms in total. The third kappa shape index (κ3) is 7.56. The van der Waals surface area contributed by atoms with E-state index >= 15 is 0 Å². The van der Waals surface area contributed by atoms with E-state index in [0.29, 0.717) is 6.04 Å². The molecule has 2 aliphatic rings. The number of hydrogen-bond acceptors (Lipinski definition) is 4. The van der Waals surface area contributed by atoms with E-state index in [0.717, 1.165) is 58.4 Å². The highest BCUT2D eigenvalue weighted by atomic mass is 127. The SMILES string of the molecule is CN=C(NCCN1CCOCC1)NCC1CCCN1Cc1ccccc1.I. The summed E-state index contributed by atoms with van der Waals surface area (Å²) in [4.78, 5) is 9.39. The molecule has 27 heavy (non-hydrogen) atoms. The van der Waals surface area contributed by atoms with Crippen molar-refractivity contribution in [2.24, 2.45) is 4.99 Å². The van der Waals surface area contributed by atoms with Crippen molar-refractivity contribution in [3.8, 4) is 0 Å². The van der Waals surface area contributed by atoms with E-state index in [1.165, 1.54) is 24.9 Å². The molecule has 152 valence electrons. The molecule has 0 aliphatic carbocycles. The van der Waals surface area contributed by atoms with Crippen LogP contribution in [0.15, 0.2) is 35.3 Å². The van der Waals surface area contributed by atoms with Crippen LogP contribution in [0.5, 0.6) is 0 Å². The summed E-state index contributed by atoms with van der Waals surface area (Å²) in [6, 6.07) is 11.3. The second-order valence-corrected chi connectivity index (χ2v) is 7.09. The summed E-state index contributed by atoms with van der Waals surface area (Å²) in [7, 11) is 1.85. The molecule has 7 heteroatoms. The van der Waals surface area contributed by atoms with Crippen molar-refractivity contribution in [1.82, 2.24) is 20.4 Å². The molecule has 0 radical (unpaired) electrons. The number of nitrogens with zero attached hydrogens (tertiary/aromatic N) is 3. The summed E-state index contributed by atoms with van der Waals surface area (Å²) in [5, 5.41) is 6.96. The number of rotatable bonds is 7. The van der Waals surface area contributed by atoms with E-state index in [9.17, 15) is 0 Å². The molecule has 1 atom stereocenters. The molecule has 0 aromatic heterocycles. The monoisotopic (exact) mass is 487 g/mol. The molecular weight excluding hydrogens is 453 g/mol. The van der Waals surface area contributed by atoms with Crippen LogP contribution in [0.1, 0.15) is 18.4 Å². The summed E-state index contributed by atoms with van der Waals surface area (Å²) in [6.45, 7) is 8.89. The number of hydrogen-bond donors (Lipinski definition) is 2. The van der Waals surface area contributed by atoms with Gasteiger partial charge in [-0.25, -0.2) is 0 Å². The van der Waals surface area contributed by atoms with Crippen LogP contribution in [-0.4, -0.2) is 81.3 Å². The molecule has 2 saturated heterocycles. The summed E-state index contributed by atoms with van der Waals surface area (Å²) in [5.74, 6) is 0.907. The van der Waals surface area contributed by atoms with Crippen LogP contribution < -0.4 is 10.6 Å². The summed E-state index contributed by atoms with van der Waals surface area (Å²) >= 11 is 0. The minimum atomic E-state index is 0. The number of aliphatic imine (C=N–C) groups is 1. The molecule has 2 N–H and O–H groups in total. The molecule has 1 aromatic rings. The van der Waals surface area contributed by atoms with Crippen molar-refractivity contribution in [1.29, 1.82) is 0 Å². The number of nitrogens with one attached hydrogen (secondary N) is 2. The maximum absolute atomic E-state index is 5.39. The third-order valence-corrected chi connectivity index (χ3v) is 5.28. The normalized spacial score (nSPS) is 21.7. The van der Waals surface area contributed by atoms with Crippen molar-refractivity contribution in [3.63, 3.8) is 0 Å². The zero-order valence-corrected chi connectivity index (χ0v) is 18.7. The Morgan fingerprint density at radius 2 is 1.93 bits per heavy atom. The Labute approximate surface area is 180 Å². The Morgan fingerprint density at radius 1 is 1.15 bits per heavy atom. The molecule has 0 amide bonds. The van der Waals surface area contributed by atoms with Gasteiger partial charge in [0.15, 0.2) is 5.96 Å². The molecule has 2 fully saturated rings. The van der Waals surface area contributed by atoms with Gasteiger partial charge in [-0.15, -0.1) is 24.0 Å². The first kappa shape index (κ1) is 22.4. The highest BCUT2D eigenvalue weighted by Gasteiger charge is 2.24. The van der Waals surface area contributed by atoms with Crippen molar-refractivity contribution in [2.75, 3.05) is 59.5 Å². The number of likely N-dealkylation sites (tertiary alicyclic amines) is 1. The second-order valence-electron chi connectivity index (χ2n) is 7.09. The Hall–Kier alpha value is -0.900. The fraction of sp³-hybridized carbons (Fsp3) is 0.650. The molecule has 1 aromatic carbocycles.